The summed E-state index contributed by atoms with van der Waals surface area (Å²) in [6, 6.07) is 68.2. The molecule has 0 aliphatic heterocycles. The second kappa shape index (κ2) is 11.0. The molecule has 0 N–H and O–H groups in total. The van der Waals surface area contributed by atoms with Crippen molar-refractivity contribution in [2.45, 2.75) is 5.41 Å². The number of rotatable bonds is 3. The van der Waals surface area contributed by atoms with E-state index in [1.807, 2.05) is 0 Å². The smallest absolute Gasteiger partial charge is 0.160 e. The highest BCUT2D eigenvalue weighted by atomic mass is 15.0. The van der Waals surface area contributed by atoms with Crippen molar-refractivity contribution in [3.63, 3.8) is 0 Å². The van der Waals surface area contributed by atoms with Gasteiger partial charge < -0.3 is 4.57 Å². The minimum Gasteiger partial charge on any atom is -0.309 e. The van der Waals surface area contributed by atoms with Crippen molar-refractivity contribution in [3.05, 3.63) is 210 Å². The van der Waals surface area contributed by atoms with Gasteiger partial charge in [-0.3, -0.25) is 0 Å². The van der Waals surface area contributed by atoms with Crippen LogP contribution in [0.2, 0.25) is 0 Å². The van der Waals surface area contributed by atoms with Gasteiger partial charge in [0.25, 0.3) is 0 Å². The maximum absolute atomic E-state index is 5.71. The van der Waals surface area contributed by atoms with E-state index in [1.165, 1.54) is 66.0 Å². The van der Waals surface area contributed by atoms with Crippen molar-refractivity contribution in [2.75, 3.05) is 0 Å². The zero-order valence-electron chi connectivity index (χ0n) is 29.2. The van der Waals surface area contributed by atoms with E-state index in [-0.39, 0.29) is 0 Å². The van der Waals surface area contributed by atoms with Crippen molar-refractivity contribution >= 4 is 32.6 Å². The zero-order chi connectivity index (χ0) is 35.4. The third kappa shape index (κ3) is 3.80. The van der Waals surface area contributed by atoms with Crippen LogP contribution in [0.15, 0.2) is 188 Å². The average molecular weight is 686 g/mol. The van der Waals surface area contributed by atoms with Crippen LogP contribution in [-0.2, 0) is 5.41 Å². The highest BCUT2D eigenvalue weighted by Crippen LogP contribution is 2.64. The summed E-state index contributed by atoms with van der Waals surface area (Å²) < 4.78 is 2.43. The van der Waals surface area contributed by atoms with Gasteiger partial charge in [0.2, 0.25) is 0 Å². The van der Waals surface area contributed by atoms with Gasteiger partial charge in [-0.1, -0.05) is 164 Å². The summed E-state index contributed by atoms with van der Waals surface area (Å²) in [4.78, 5) is 11.2. The monoisotopic (exact) mass is 685 g/mol. The van der Waals surface area contributed by atoms with Crippen LogP contribution in [0, 0.1) is 0 Å². The lowest BCUT2D eigenvalue weighted by molar-refractivity contribution is 0.757. The van der Waals surface area contributed by atoms with Gasteiger partial charge in [0, 0.05) is 33.2 Å². The Labute approximate surface area is 312 Å². The molecule has 2 heterocycles. The van der Waals surface area contributed by atoms with Crippen LogP contribution in [0.4, 0.5) is 0 Å². The SMILES string of the molecule is c1ccc(-c2nc(-c3cccc4ccccc34)c3c(n2)C2(c4ccccc4-c4ccc(-n5c6ccccc6c6ccccc65)cc42)c2ccccc2-3)cc1. The van der Waals surface area contributed by atoms with E-state index < -0.39 is 5.41 Å². The van der Waals surface area contributed by atoms with Crippen LogP contribution in [0.3, 0.4) is 0 Å². The maximum Gasteiger partial charge on any atom is 0.160 e. The van der Waals surface area contributed by atoms with Crippen LogP contribution in [0.1, 0.15) is 22.4 Å². The lowest BCUT2D eigenvalue weighted by Gasteiger charge is -2.30. The molecule has 1 atom stereocenters. The van der Waals surface area contributed by atoms with Crippen LogP contribution in [-0.4, -0.2) is 14.5 Å². The van der Waals surface area contributed by atoms with Crippen LogP contribution in [0.25, 0.3) is 83.2 Å². The Balaban J connectivity index is 1.24. The summed E-state index contributed by atoms with van der Waals surface area (Å²) in [7, 11) is 0. The largest absolute Gasteiger partial charge is 0.309 e. The fraction of sp³-hybridized carbons (Fsp3) is 0.0196. The predicted molar refractivity (Wildman–Crippen MR) is 221 cm³/mol. The second-order valence-corrected chi connectivity index (χ2v) is 14.5. The number of benzene rings is 8. The van der Waals surface area contributed by atoms with E-state index in [1.54, 1.807) is 0 Å². The Kier molecular flexibility index (Phi) is 5.98. The first-order valence-electron chi connectivity index (χ1n) is 18.6. The first-order chi connectivity index (χ1) is 26.8. The lowest BCUT2D eigenvalue weighted by Crippen LogP contribution is -2.27. The standard InChI is InChI=1S/C51H31N3/c1-2-16-33(17-3-1)50-52-48(40-24-14-18-32-15-4-5-19-35(32)40)47-41-23-7-11-26-43(41)51(49(47)53-50)42-25-10-6-20-36(42)37-30-29-34(31-44(37)51)54-45-27-12-8-21-38(45)39-22-9-13-28-46(39)54/h1-31H. The molecule has 0 radical (unpaired) electrons. The Bertz CT molecular complexity index is 3110. The highest BCUT2D eigenvalue weighted by molar-refractivity contribution is 6.09. The molecule has 54 heavy (non-hydrogen) atoms. The summed E-state index contributed by atoms with van der Waals surface area (Å²) >= 11 is 0. The van der Waals surface area contributed by atoms with E-state index in [2.05, 4.69) is 193 Å². The molecule has 0 fully saturated rings. The molecule has 2 aliphatic carbocycles. The summed E-state index contributed by atoms with van der Waals surface area (Å²) in [5.41, 5.74) is 15.5. The Morgan fingerprint density at radius 1 is 0.407 bits per heavy atom. The van der Waals surface area contributed by atoms with Crippen LogP contribution < -0.4 is 0 Å². The van der Waals surface area contributed by atoms with Crippen molar-refractivity contribution in [1.82, 2.24) is 14.5 Å². The van der Waals surface area contributed by atoms with Gasteiger partial charge in [0.1, 0.15) is 0 Å². The van der Waals surface area contributed by atoms with Gasteiger partial charge in [0.15, 0.2) is 5.82 Å². The van der Waals surface area contributed by atoms with Gasteiger partial charge in [-0.05, 0) is 68.4 Å². The summed E-state index contributed by atoms with van der Waals surface area (Å²) in [6.45, 7) is 0. The molecule has 10 aromatic rings. The maximum atomic E-state index is 5.71. The molecule has 2 aromatic heterocycles. The molecule has 1 spiro atoms. The van der Waals surface area contributed by atoms with Gasteiger partial charge in [-0.15, -0.1) is 0 Å². The summed E-state index contributed by atoms with van der Waals surface area (Å²) in [6.07, 6.45) is 0. The van der Waals surface area contributed by atoms with E-state index in [4.69, 9.17) is 9.97 Å². The normalized spacial score (nSPS) is 15.1. The van der Waals surface area contributed by atoms with E-state index in [0.717, 1.165) is 39.6 Å². The second-order valence-electron chi connectivity index (χ2n) is 14.5. The third-order valence-corrected chi connectivity index (χ3v) is 11.8. The van der Waals surface area contributed by atoms with Gasteiger partial charge >= 0.3 is 0 Å². The van der Waals surface area contributed by atoms with E-state index in [9.17, 15) is 0 Å². The molecular weight excluding hydrogens is 655 g/mol. The Morgan fingerprint density at radius 3 is 1.76 bits per heavy atom. The molecule has 12 rings (SSSR count). The molecule has 2 aliphatic rings. The minimum absolute atomic E-state index is 0.668. The van der Waals surface area contributed by atoms with Crippen molar-refractivity contribution < 1.29 is 0 Å². The van der Waals surface area contributed by atoms with Gasteiger partial charge in [0.05, 0.1) is 27.8 Å². The first kappa shape index (κ1) is 29.5. The topological polar surface area (TPSA) is 30.7 Å². The van der Waals surface area contributed by atoms with Crippen LogP contribution >= 0.6 is 0 Å². The number of aromatic nitrogens is 3. The van der Waals surface area contributed by atoms with Crippen LogP contribution in [0.5, 0.6) is 0 Å². The molecule has 3 heteroatoms. The Morgan fingerprint density at radius 2 is 0.981 bits per heavy atom. The van der Waals surface area contributed by atoms with Crippen molar-refractivity contribution in [1.29, 1.82) is 0 Å². The fourth-order valence-electron chi connectivity index (χ4n) is 9.64. The fourth-order valence-corrected chi connectivity index (χ4v) is 9.64. The number of fused-ring (bicyclic) bond motifs is 14. The van der Waals surface area contributed by atoms with Gasteiger partial charge in [-0.25, -0.2) is 9.97 Å². The van der Waals surface area contributed by atoms with E-state index in [0.29, 0.717) is 0 Å². The molecule has 0 amide bonds. The molecule has 0 bridgehead atoms. The molecule has 250 valence electrons. The molecular formula is C51H31N3. The number of nitrogens with zero attached hydrogens (tertiary/aromatic N) is 3. The summed E-state index contributed by atoms with van der Waals surface area (Å²) in [5.74, 6) is 0.731. The van der Waals surface area contributed by atoms with E-state index >= 15 is 0 Å². The Hall–Kier alpha value is -7.10. The molecule has 8 aromatic carbocycles. The summed E-state index contributed by atoms with van der Waals surface area (Å²) in [5, 5.41) is 4.88. The molecule has 0 saturated heterocycles. The number of hydrogen-bond acceptors (Lipinski definition) is 2. The number of para-hydroxylation sites is 2. The zero-order valence-corrected chi connectivity index (χ0v) is 29.2. The van der Waals surface area contributed by atoms with Gasteiger partial charge in [-0.2, -0.15) is 0 Å². The first-order valence-corrected chi connectivity index (χ1v) is 18.6. The third-order valence-electron chi connectivity index (χ3n) is 11.8. The molecule has 3 nitrogen and oxygen atoms in total. The number of hydrogen-bond donors (Lipinski definition) is 0. The van der Waals surface area contributed by atoms with Crippen molar-refractivity contribution in [2.24, 2.45) is 0 Å². The quantitative estimate of drug-likeness (QED) is 0.185. The molecule has 0 saturated carbocycles. The average Bonchev–Trinajstić information content (AvgIpc) is 3.85. The minimum atomic E-state index is -0.668. The lowest BCUT2D eigenvalue weighted by atomic mass is 9.72. The predicted octanol–water partition coefficient (Wildman–Crippen LogP) is 12.4. The van der Waals surface area contributed by atoms with Crippen molar-refractivity contribution in [3.8, 4) is 50.6 Å². The molecule has 1 unspecified atom stereocenters. The highest BCUT2D eigenvalue weighted by Gasteiger charge is 2.54.